The molecule has 1 aromatic heterocycles. The minimum absolute atomic E-state index is 0.0284. The summed E-state index contributed by atoms with van der Waals surface area (Å²) in [4.78, 5) is 13.0. The van der Waals surface area contributed by atoms with E-state index in [2.05, 4.69) is 33.5 Å². The first-order valence-electron chi connectivity index (χ1n) is 13.2. The van der Waals surface area contributed by atoms with E-state index in [-0.39, 0.29) is 34.2 Å². The van der Waals surface area contributed by atoms with Crippen molar-refractivity contribution in [3.05, 3.63) is 35.9 Å². The predicted octanol–water partition coefficient (Wildman–Crippen LogP) is 3.90. The molecule has 1 aliphatic rings. The lowest BCUT2D eigenvalue weighted by atomic mass is 9.86. The Bertz CT molecular complexity index is 1120. The molecule has 0 radical (unpaired) electrons. The van der Waals surface area contributed by atoms with Gasteiger partial charge in [0.2, 0.25) is 5.95 Å². The molecular formula is C26H41N5O5S2. The molecule has 2 unspecified atom stereocenters. The lowest BCUT2D eigenvalue weighted by Crippen LogP contribution is -2.45. The van der Waals surface area contributed by atoms with Crippen LogP contribution in [0.3, 0.4) is 0 Å². The van der Waals surface area contributed by atoms with Gasteiger partial charge in [0.1, 0.15) is 12.2 Å². The van der Waals surface area contributed by atoms with Crippen molar-refractivity contribution in [2.24, 2.45) is 17.8 Å². The first-order chi connectivity index (χ1) is 18.0. The van der Waals surface area contributed by atoms with Crippen LogP contribution in [0.4, 0.5) is 5.95 Å². The van der Waals surface area contributed by atoms with Crippen LogP contribution >= 0.6 is 11.8 Å². The van der Waals surface area contributed by atoms with Crippen molar-refractivity contribution < 1.29 is 23.4 Å². The second kappa shape index (κ2) is 13.9. The summed E-state index contributed by atoms with van der Waals surface area (Å²) < 4.78 is 36.4. The van der Waals surface area contributed by atoms with Gasteiger partial charge in [-0.1, -0.05) is 76.2 Å². The van der Waals surface area contributed by atoms with E-state index in [4.69, 9.17) is 4.74 Å². The quantitative estimate of drug-likeness (QED) is 0.308. The highest BCUT2D eigenvalue weighted by atomic mass is 32.2. The number of aromatic nitrogens is 3. The third-order valence-corrected chi connectivity index (χ3v) is 9.32. The third-order valence-electron chi connectivity index (χ3n) is 6.85. The van der Waals surface area contributed by atoms with Crippen molar-refractivity contribution >= 4 is 27.9 Å². The molecule has 1 aliphatic heterocycles. The van der Waals surface area contributed by atoms with Crippen LogP contribution in [0.2, 0.25) is 0 Å². The van der Waals surface area contributed by atoms with E-state index in [0.717, 1.165) is 18.4 Å². The lowest BCUT2D eigenvalue weighted by Gasteiger charge is -2.35. The van der Waals surface area contributed by atoms with Gasteiger partial charge in [0, 0.05) is 18.3 Å². The molecule has 0 aliphatic carbocycles. The summed E-state index contributed by atoms with van der Waals surface area (Å²) in [5, 5.41) is 20.1. The van der Waals surface area contributed by atoms with Crippen molar-refractivity contribution in [2.45, 2.75) is 76.5 Å². The number of ether oxygens (including phenoxy) is 1. The van der Waals surface area contributed by atoms with Gasteiger partial charge in [-0.2, -0.15) is 27.7 Å². The van der Waals surface area contributed by atoms with Crippen LogP contribution in [-0.4, -0.2) is 69.8 Å². The first kappa shape index (κ1) is 30.6. The van der Waals surface area contributed by atoms with Gasteiger partial charge in [-0.05, 0) is 43.1 Å². The van der Waals surface area contributed by atoms with E-state index in [1.807, 2.05) is 51.1 Å². The highest BCUT2D eigenvalue weighted by molar-refractivity contribution is 7.99. The van der Waals surface area contributed by atoms with E-state index in [1.54, 1.807) is 0 Å². The third kappa shape index (κ3) is 8.51. The fourth-order valence-corrected chi connectivity index (χ4v) is 6.71. The van der Waals surface area contributed by atoms with Crippen LogP contribution in [0, 0.1) is 17.8 Å². The maximum atomic E-state index is 13.3. The monoisotopic (exact) mass is 567 g/mol. The molecule has 2 heterocycles. The standard InChI is InChI=1S/C26H41N5O5S2/c1-6-20-12-13-31(15-18(20)4)38(34,35)30-24-27-25(36-23(14-17(2)3)22(33)16-32)29-26(28-24)37-19(5)21-10-8-7-9-11-21/h7-11,17-20,22-23,32-33H,6,12-16H2,1-5H3,(H,27,28,29,30)/t18-,19?,20?,22-,23+/m0/s1. The fraction of sp³-hybridized carbons (Fsp3) is 0.654. The second-order valence-electron chi connectivity index (χ2n) is 10.3. The molecule has 3 rings (SSSR count). The van der Waals surface area contributed by atoms with Crippen LogP contribution in [0.25, 0.3) is 0 Å². The average Bonchev–Trinajstić information content (AvgIpc) is 2.87. The summed E-state index contributed by atoms with van der Waals surface area (Å²) in [6.45, 7) is 10.5. The number of hydrogen-bond donors (Lipinski definition) is 3. The molecule has 0 bridgehead atoms. The largest absolute Gasteiger partial charge is 0.457 e. The Morgan fingerprint density at radius 1 is 1.18 bits per heavy atom. The molecule has 1 aromatic carbocycles. The number of piperidine rings is 1. The zero-order chi connectivity index (χ0) is 27.9. The van der Waals surface area contributed by atoms with Crippen molar-refractivity contribution in [3.8, 4) is 6.01 Å². The van der Waals surface area contributed by atoms with Gasteiger partial charge in [0.25, 0.3) is 0 Å². The van der Waals surface area contributed by atoms with E-state index in [0.29, 0.717) is 25.4 Å². The smallest absolute Gasteiger partial charge is 0.322 e. The van der Waals surface area contributed by atoms with Crippen LogP contribution in [0.1, 0.15) is 64.7 Å². The number of hydrogen-bond acceptors (Lipinski definition) is 9. The molecule has 12 heteroatoms. The Balaban J connectivity index is 1.89. The maximum absolute atomic E-state index is 13.3. The molecule has 5 atom stereocenters. The molecule has 10 nitrogen and oxygen atoms in total. The molecule has 1 saturated heterocycles. The number of thioether (sulfide) groups is 1. The maximum Gasteiger partial charge on any atom is 0.322 e. The molecule has 3 N–H and O–H groups in total. The minimum atomic E-state index is -3.91. The Labute approximate surface area is 230 Å². The number of aliphatic hydroxyl groups is 2. The van der Waals surface area contributed by atoms with Crippen LogP contribution < -0.4 is 9.46 Å². The zero-order valence-electron chi connectivity index (χ0n) is 22.8. The van der Waals surface area contributed by atoms with E-state index < -0.39 is 29.0 Å². The molecule has 1 fully saturated rings. The number of aliphatic hydroxyl groups excluding tert-OH is 2. The van der Waals surface area contributed by atoms with Crippen molar-refractivity contribution in [2.75, 3.05) is 24.4 Å². The number of nitrogens with zero attached hydrogens (tertiary/aromatic N) is 4. The van der Waals surface area contributed by atoms with Gasteiger partial charge in [-0.25, -0.2) is 4.72 Å². The lowest BCUT2D eigenvalue weighted by molar-refractivity contribution is -0.0138. The highest BCUT2D eigenvalue weighted by Crippen LogP contribution is 2.34. The van der Waals surface area contributed by atoms with Gasteiger partial charge < -0.3 is 14.9 Å². The van der Waals surface area contributed by atoms with Crippen LogP contribution in [0.15, 0.2) is 35.5 Å². The van der Waals surface area contributed by atoms with Crippen molar-refractivity contribution in [1.82, 2.24) is 19.3 Å². The van der Waals surface area contributed by atoms with Gasteiger partial charge >= 0.3 is 16.2 Å². The van der Waals surface area contributed by atoms with Gasteiger partial charge in [-0.3, -0.25) is 0 Å². The molecule has 38 heavy (non-hydrogen) atoms. The second-order valence-corrected chi connectivity index (χ2v) is 13.3. The summed E-state index contributed by atoms with van der Waals surface area (Å²) in [6, 6.07) is 9.71. The topological polar surface area (TPSA) is 138 Å². The van der Waals surface area contributed by atoms with Crippen LogP contribution in [-0.2, 0) is 10.2 Å². The highest BCUT2D eigenvalue weighted by Gasteiger charge is 2.33. The van der Waals surface area contributed by atoms with Gasteiger partial charge in [0.15, 0.2) is 5.16 Å². The molecule has 0 amide bonds. The number of nitrogens with one attached hydrogen (secondary N) is 1. The van der Waals surface area contributed by atoms with Crippen molar-refractivity contribution in [3.63, 3.8) is 0 Å². The Kier molecular flexibility index (Phi) is 11.2. The molecule has 212 valence electrons. The Morgan fingerprint density at radius 2 is 1.89 bits per heavy atom. The SMILES string of the molecule is CCC1CCN(S(=O)(=O)Nc2nc(O[C@H](CC(C)C)[C@@H](O)CO)nc(SC(C)c3ccccc3)n2)C[C@@H]1C. The summed E-state index contributed by atoms with van der Waals surface area (Å²) in [5.41, 5.74) is 1.06. The van der Waals surface area contributed by atoms with Crippen LogP contribution in [0.5, 0.6) is 6.01 Å². The van der Waals surface area contributed by atoms with E-state index >= 15 is 0 Å². The Morgan fingerprint density at radius 3 is 2.50 bits per heavy atom. The first-order valence-corrected chi connectivity index (χ1v) is 15.5. The normalized spacial score (nSPS) is 21.2. The summed E-state index contributed by atoms with van der Waals surface area (Å²) in [6.07, 6.45) is 0.353. The molecular weight excluding hydrogens is 526 g/mol. The molecule has 0 saturated carbocycles. The van der Waals surface area contributed by atoms with E-state index in [1.165, 1.54) is 16.1 Å². The number of benzene rings is 1. The summed E-state index contributed by atoms with van der Waals surface area (Å²) >= 11 is 1.34. The van der Waals surface area contributed by atoms with Gasteiger partial charge in [-0.15, -0.1) is 0 Å². The van der Waals surface area contributed by atoms with Crippen molar-refractivity contribution in [1.29, 1.82) is 0 Å². The summed E-state index contributed by atoms with van der Waals surface area (Å²) in [5.74, 6) is 0.764. The van der Waals surface area contributed by atoms with Gasteiger partial charge in [0.05, 0.1) is 6.61 Å². The molecule has 2 aromatic rings. The fourth-order valence-electron chi connectivity index (χ4n) is 4.60. The zero-order valence-corrected chi connectivity index (χ0v) is 24.5. The number of rotatable bonds is 13. The Hall–Kier alpha value is -1.99. The predicted molar refractivity (Wildman–Crippen MR) is 149 cm³/mol. The van der Waals surface area contributed by atoms with E-state index in [9.17, 15) is 18.6 Å². The minimum Gasteiger partial charge on any atom is -0.457 e. The average molecular weight is 568 g/mol. The summed E-state index contributed by atoms with van der Waals surface area (Å²) in [7, 11) is -3.91. The number of anilines is 1. The molecule has 0 spiro atoms.